The van der Waals surface area contributed by atoms with Crippen LogP contribution in [0.3, 0.4) is 0 Å². The predicted molar refractivity (Wildman–Crippen MR) is 129 cm³/mol. The minimum absolute atomic E-state index is 0. The third-order valence-corrected chi connectivity index (χ3v) is 5.15. The van der Waals surface area contributed by atoms with Crippen LogP contribution < -0.4 is 10.6 Å². The minimum atomic E-state index is 0. The molecule has 0 aliphatic heterocycles. The topological polar surface area (TPSA) is 56.7 Å². The van der Waals surface area contributed by atoms with E-state index in [0.717, 1.165) is 30.5 Å². The van der Waals surface area contributed by atoms with Crippen molar-refractivity contribution < 1.29 is 4.79 Å². The maximum atomic E-state index is 12.0. The largest absolute Gasteiger partial charge is 0.357 e. The molecule has 1 aromatic rings. The van der Waals surface area contributed by atoms with Gasteiger partial charge >= 0.3 is 0 Å². The molecular weight excluding hydrogens is 463 g/mol. The van der Waals surface area contributed by atoms with Crippen LogP contribution in [-0.2, 0) is 6.54 Å². The zero-order valence-corrected chi connectivity index (χ0v) is 20.0. The summed E-state index contributed by atoms with van der Waals surface area (Å²) in [4.78, 5) is 18.3. The smallest absolute Gasteiger partial charge is 0.253 e. The van der Waals surface area contributed by atoms with Crippen LogP contribution in [0.2, 0.25) is 0 Å². The molecular formula is C22H37IN4O. The highest BCUT2D eigenvalue weighted by Crippen LogP contribution is 2.21. The highest BCUT2D eigenvalue weighted by molar-refractivity contribution is 14.0. The first kappa shape index (κ1) is 24.7. The van der Waals surface area contributed by atoms with E-state index in [1.807, 2.05) is 24.3 Å². The lowest BCUT2D eigenvalue weighted by atomic mass is 9.91. The zero-order valence-electron chi connectivity index (χ0n) is 17.7. The molecule has 5 nitrogen and oxygen atoms in total. The van der Waals surface area contributed by atoms with Crippen LogP contribution in [0.1, 0.15) is 67.8 Å². The van der Waals surface area contributed by atoms with Gasteiger partial charge in [0.1, 0.15) is 0 Å². The fourth-order valence-corrected chi connectivity index (χ4v) is 3.51. The van der Waals surface area contributed by atoms with Crippen molar-refractivity contribution in [2.45, 2.75) is 58.4 Å². The molecule has 0 radical (unpaired) electrons. The number of nitrogens with zero attached hydrogens (tertiary/aromatic N) is 2. The monoisotopic (exact) mass is 500 g/mol. The van der Waals surface area contributed by atoms with Crippen LogP contribution in [0.5, 0.6) is 0 Å². The van der Waals surface area contributed by atoms with Crippen LogP contribution >= 0.6 is 24.0 Å². The Morgan fingerprint density at radius 1 is 1.04 bits per heavy atom. The molecule has 0 bridgehead atoms. The molecule has 0 aromatic heterocycles. The quantitative estimate of drug-likeness (QED) is 0.346. The first-order valence-corrected chi connectivity index (χ1v) is 10.4. The second kappa shape index (κ2) is 13.8. The number of amides is 1. The summed E-state index contributed by atoms with van der Waals surface area (Å²) in [6.07, 6.45) is 9.55. The Morgan fingerprint density at radius 3 is 2.21 bits per heavy atom. The van der Waals surface area contributed by atoms with Gasteiger partial charge in [-0.05, 0) is 43.4 Å². The van der Waals surface area contributed by atoms with E-state index in [0.29, 0.717) is 12.1 Å². The number of hydrogen-bond donors (Lipinski definition) is 2. The fraction of sp³-hybridized carbons (Fsp3) is 0.636. The van der Waals surface area contributed by atoms with Crippen LogP contribution in [-0.4, -0.2) is 44.0 Å². The molecule has 2 rings (SSSR count). The van der Waals surface area contributed by atoms with Crippen LogP contribution in [0.4, 0.5) is 0 Å². The van der Waals surface area contributed by atoms with Gasteiger partial charge in [0.25, 0.3) is 5.91 Å². The second-order valence-corrected chi connectivity index (χ2v) is 7.68. The first-order valence-electron chi connectivity index (χ1n) is 10.4. The summed E-state index contributed by atoms with van der Waals surface area (Å²) in [5.74, 6) is 1.66. The maximum absolute atomic E-state index is 12.0. The van der Waals surface area contributed by atoms with Crippen molar-refractivity contribution in [3.05, 3.63) is 35.4 Å². The van der Waals surface area contributed by atoms with E-state index in [9.17, 15) is 4.79 Å². The molecule has 1 amide bonds. The van der Waals surface area contributed by atoms with Crippen molar-refractivity contribution in [3.63, 3.8) is 0 Å². The number of rotatable bonds is 6. The van der Waals surface area contributed by atoms with Crippen molar-refractivity contribution in [1.82, 2.24) is 15.5 Å². The summed E-state index contributed by atoms with van der Waals surface area (Å²) in [7, 11) is 3.54. The van der Waals surface area contributed by atoms with E-state index in [4.69, 9.17) is 4.99 Å². The van der Waals surface area contributed by atoms with Crippen LogP contribution in [0, 0.1) is 5.92 Å². The number of aliphatic imine (C=N–C) groups is 1. The number of hydrogen-bond acceptors (Lipinski definition) is 2. The zero-order chi connectivity index (χ0) is 19.5. The summed E-state index contributed by atoms with van der Waals surface area (Å²) in [5.41, 5.74) is 1.82. The Balaban J connectivity index is 0.00000392. The molecule has 0 spiro atoms. The van der Waals surface area contributed by atoms with E-state index < -0.39 is 0 Å². The Hall–Kier alpha value is -1.31. The van der Waals surface area contributed by atoms with Gasteiger partial charge in [0.15, 0.2) is 5.96 Å². The fourth-order valence-electron chi connectivity index (χ4n) is 3.51. The number of guanidine groups is 1. The predicted octanol–water partition coefficient (Wildman–Crippen LogP) is 4.42. The summed E-state index contributed by atoms with van der Waals surface area (Å²) in [5, 5.41) is 6.87. The molecule has 1 aromatic carbocycles. The molecule has 0 saturated heterocycles. The molecule has 6 heteroatoms. The summed E-state index contributed by atoms with van der Waals surface area (Å²) >= 11 is 0. The molecule has 1 fully saturated rings. The summed E-state index contributed by atoms with van der Waals surface area (Å²) in [6.45, 7) is 4.56. The molecule has 28 heavy (non-hydrogen) atoms. The van der Waals surface area contributed by atoms with Crippen molar-refractivity contribution in [2.24, 2.45) is 10.9 Å². The Labute approximate surface area is 187 Å². The molecule has 0 heterocycles. The lowest BCUT2D eigenvalue weighted by Gasteiger charge is -2.21. The third-order valence-electron chi connectivity index (χ3n) is 5.15. The summed E-state index contributed by atoms with van der Waals surface area (Å²) in [6, 6.07) is 7.72. The van der Waals surface area contributed by atoms with Crippen LogP contribution in [0.25, 0.3) is 0 Å². The van der Waals surface area contributed by atoms with Gasteiger partial charge in [-0.2, -0.15) is 0 Å². The number of carbonyl (C=O) groups is 1. The average molecular weight is 500 g/mol. The van der Waals surface area contributed by atoms with Gasteiger partial charge in [0.2, 0.25) is 0 Å². The van der Waals surface area contributed by atoms with Gasteiger partial charge in [-0.1, -0.05) is 44.2 Å². The number of halogens is 1. The van der Waals surface area contributed by atoms with Gasteiger partial charge in [-0.3, -0.25) is 4.79 Å². The second-order valence-electron chi connectivity index (χ2n) is 7.68. The molecule has 0 unspecified atom stereocenters. The van der Waals surface area contributed by atoms with Gasteiger partial charge < -0.3 is 15.5 Å². The Bertz CT molecular complexity index is 593. The summed E-state index contributed by atoms with van der Waals surface area (Å²) < 4.78 is 0. The molecule has 1 aliphatic carbocycles. The van der Waals surface area contributed by atoms with Crippen molar-refractivity contribution in [1.29, 1.82) is 0 Å². The highest BCUT2D eigenvalue weighted by atomic mass is 127. The third kappa shape index (κ3) is 8.80. The minimum Gasteiger partial charge on any atom is -0.357 e. The van der Waals surface area contributed by atoms with E-state index >= 15 is 0 Å². The molecule has 0 atom stereocenters. The maximum Gasteiger partial charge on any atom is 0.253 e. The van der Waals surface area contributed by atoms with Crippen molar-refractivity contribution >= 4 is 35.8 Å². The molecule has 158 valence electrons. The first-order chi connectivity index (χ1) is 13.1. The van der Waals surface area contributed by atoms with Crippen molar-refractivity contribution in [3.8, 4) is 0 Å². The number of benzene rings is 1. The number of nitrogens with one attached hydrogen (secondary N) is 2. The van der Waals surface area contributed by atoms with Gasteiger partial charge in [0.05, 0.1) is 6.54 Å². The Kier molecular flexibility index (Phi) is 12.2. The lowest BCUT2D eigenvalue weighted by Crippen LogP contribution is -2.40. The van der Waals surface area contributed by atoms with E-state index in [-0.39, 0.29) is 29.9 Å². The average Bonchev–Trinajstić information content (AvgIpc) is 2.64. The molecule has 1 saturated carbocycles. The van der Waals surface area contributed by atoms with Gasteiger partial charge in [-0.25, -0.2) is 4.99 Å². The normalized spacial score (nSPS) is 15.8. The number of carbonyl (C=O) groups excluding carboxylic acids is 1. The molecule has 2 N–H and O–H groups in total. The standard InChI is InChI=1S/C22H36N4O.HI/c1-4-23-22(24-16-18-10-8-6-5-7-9-11-18)25-17-19-12-14-20(15-13-19)21(27)26(2)3;/h12-15,18H,4-11,16-17H2,1-3H3,(H2,23,24,25);1H. The van der Waals surface area contributed by atoms with Crippen LogP contribution in [0.15, 0.2) is 29.3 Å². The van der Waals surface area contributed by atoms with Gasteiger partial charge in [-0.15, -0.1) is 24.0 Å². The lowest BCUT2D eigenvalue weighted by molar-refractivity contribution is 0.0827. The van der Waals surface area contributed by atoms with E-state index in [2.05, 4.69) is 17.6 Å². The molecule has 1 aliphatic rings. The SMILES string of the molecule is CCNC(=NCc1ccc(C(=O)N(C)C)cc1)NCC1CCCCCCC1.I. The Morgan fingerprint density at radius 2 is 1.64 bits per heavy atom. The van der Waals surface area contributed by atoms with Gasteiger partial charge in [0, 0.05) is 32.7 Å². The van der Waals surface area contributed by atoms with E-state index in [1.165, 1.54) is 44.9 Å². The van der Waals surface area contributed by atoms with E-state index in [1.54, 1.807) is 19.0 Å². The van der Waals surface area contributed by atoms with Crippen molar-refractivity contribution in [2.75, 3.05) is 27.2 Å². The highest BCUT2D eigenvalue weighted by Gasteiger charge is 2.12.